The molecule has 0 aliphatic rings. The van der Waals surface area contributed by atoms with Gasteiger partial charge in [0.1, 0.15) is 0 Å². The lowest BCUT2D eigenvalue weighted by Gasteiger charge is -2.12. The largest absolute Gasteiger partial charge is 0.312 e. The van der Waals surface area contributed by atoms with Crippen LogP contribution in [0.5, 0.6) is 0 Å². The lowest BCUT2D eigenvalue weighted by atomic mass is 10.1. The van der Waals surface area contributed by atoms with E-state index in [1.807, 2.05) is 24.0 Å². The molecular weight excluding hydrogens is 260 g/mol. The molecular formula is C17H26N4. The van der Waals surface area contributed by atoms with E-state index in [1.54, 1.807) is 0 Å². The van der Waals surface area contributed by atoms with Crippen molar-refractivity contribution in [3.05, 3.63) is 41.5 Å². The Labute approximate surface area is 127 Å². The van der Waals surface area contributed by atoms with E-state index in [4.69, 9.17) is 0 Å². The lowest BCUT2D eigenvalue weighted by Crippen LogP contribution is -2.20. The van der Waals surface area contributed by atoms with Crippen LogP contribution in [0.4, 0.5) is 0 Å². The fourth-order valence-electron chi connectivity index (χ4n) is 2.20. The summed E-state index contributed by atoms with van der Waals surface area (Å²) in [5, 5.41) is 8.17. The van der Waals surface area contributed by atoms with E-state index >= 15 is 0 Å². The molecule has 0 amide bonds. The van der Waals surface area contributed by atoms with Crippen LogP contribution in [0.2, 0.25) is 0 Å². The minimum Gasteiger partial charge on any atom is -0.312 e. The van der Waals surface area contributed by atoms with Gasteiger partial charge in [-0.25, -0.2) is 4.68 Å². The molecule has 0 aliphatic heterocycles. The number of pyridine rings is 1. The van der Waals surface area contributed by atoms with Crippen LogP contribution in [0.1, 0.15) is 50.6 Å². The monoisotopic (exact) mass is 286 g/mol. The van der Waals surface area contributed by atoms with Gasteiger partial charge in [-0.15, -0.1) is 0 Å². The van der Waals surface area contributed by atoms with Gasteiger partial charge in [-0.2, -0.15) is 5.10 Å². The zero-order chi connectivity index (χ0) is 15.4. The molecule has 2 aromatic rings. The molecule has 0 saturated carbocycles. The van der Waals surface area contributed by atoms with Gasteiger partial charge in [0.25, 0.3) is 0 Å². The molecule has 0 spiro atoms. The van der Waals surface area contributed by atoms with Crippen molar-refractivity contribution in [1.82, 2.24) is 20.1 Å². The van der Waals surface area contributed by atoms with Crippen molar-refractivity contribution in [3.8, 4) is 5.69 Å². The maximum atomic E-state index is 4.69. The maximum Gasteiger partial charge on any atom is 0.0724 e. The predicted molar refractivity (Wildman–Crippen MR) is 86.7 cm³/mol. The summed E-state index contributed by atoms with van der Waals surface area (Å²) in [5.74, 6) is 1.08. The molecule has 0 fully saturated rings. The average Bonchev–Trinajstić information content (AvgIpc) is 2.89. The van der Waals surface area contributed by atoms with Crippen LogP contribution in [-0.2, 0) is 6.54 Å². The van der Waals surface area contributed by atoms with Crippen LogP contribution in [-0.4, -0.2) is 21.3 Å². The number of hydrogen-bond acceptors (Lipinski definition) is 3. The Kier molecular flexibility index (Phi) is 5.12. The highest BCUT2D eigenvalue weighted by atomic mass is 15.3. The molecule has 2 aromatic heterocycles. The number of hydrogen-bond donors (Lipinski definition) is 1. The van der Waals surface area contributed by atoms with E-state index in [1.165, 1.54) is 5.56 Å². The van der Waals surface area contributed by atoms with E-state index in [0.29, 0.717) is 11.8 Å². The van der Waals surface area contributed by atoms with Crippen LogP contribution in [0.3, 0.4) is 0 Å². The van der Waals surface area contributed by atoms with Gasteiger partial charge in [0.2, 0.25) is 0 Å². The summed E-state index contributed by atoms with van der Waals surface area (Å²) in [6.07, 6.45) is 3.99. The molecule has 0 unspecified atom stereocenters. The summed E-state index contributed by atoms with van der Waals surface area (Å²) in [6.45, 7) is 12.6. The molecule has 0 saturated heterocycles. The Bertz CT molecular complexity index is 584. The highest BCUT2D eigenvalue weighted by Crippen LogP contribution is 2.18. The van der Waals surface area contributed by atoms with Crippen molar-refractivity contribution in [1.29, 1.82) is 0 Å². The van der Waals surface area contributed by atoms with Crippen molar-refractivity contribution in [2.45, 2.75) is 47.1 Å². The molecule has 0 bridgehead atoms. The summed E-state index contributed by atoms with van der Waals surface area (Å²) in [4.78, 5) is 4.42. The Balaban J connectivity index is 2.25. The van der Waals surface area contributed by atoms with Crippen molar-refractivity contribution in [2.24, 2.45) is 5.92 Å². The van der Waals surface area contributed by atoms with E-state index in [0.717, 1.165) is 30.2 Å². The SMILES string of the molecule is Cc1cc(-n2ccc(C(C)C)n2)c(CNCC(C)C)cn1. The summed E-state index contributed by atoms with van der Waals surface area (Å²) in [7, 11) is 0. The first-order chi connectivity index (χ1) is 9.97. The minimum atomic E-state index is 0.441. The standard InChI is InChI=1S/C17H26N4/c1-12(2)9-18-10-15-11-19-14(5)8-17(15)21-7-6-16(20-21)13(3)4/h6-8,11-13,18H,9-10H2,1-5H3. The van der Waals surface area contributed by atoms with Gasteiger partial charge >= 0.3 is 0 Å². The first-order valence-electron chi connectivity index (χ1n) is 7.69. The molecule has 0 atom stereocenters. The molecule has 4 heteroatoms. The minimum absolute atomic E-state index is 0.441. The van der Waals surface area contributed by atoms with Crippen molar-refractivity contribution >= 4 is 0 Å². The molecule has 4 nitrogen and oxygen atoms in total. The fourth-order valence-corrected chi connectivity index (χ4v) is 2.20. The van der Waals surface area contributed by atoms with Crippen LogP contribution >= 0.6 is 0 Å². The number of aromatic nitrogens is 3. The maximum absolute atomic E-state index is 4.69. The van der Waals surface area contributed by atoms with E-state index in [9.17, 15) is 0 Å². The summed E-state index contributed by atoms with van der Waals surface area (Å²) in [6, 6.07) is 4.19. The van der Waals surface area contributed by atoms with Gasteiger partial charge in [-0.05, 0) is 37.4 Å². The molecule has 0 aromatic carbocycles. The molecule has 1 N–H and O–H groups in total. The van der Waals surface area contributed by atoms with Gasteiger partial charge in [-0.1, -0.05) is 27.7 Å². The number of aryl methyl sites for hydroxylation is 1. The second-order valence-corrected chi connectivity index (χ2v) is 6.32. The zero-order valence-corrected chi connectivity index (χ0v) is 13.7. The van der Waals surface area contributed by atoms with Crippen LogP contribution in [0.25, 0.3) is 5.69 Å². The van der Waals surface area contributed by atoms with Gasteiger partial charge < -0.3 is 5.32 Å². The van der Waals surface area contributed by atoms with Crippen molar-refractivity contribution in [3.63, 3.8) is 0 Å². The first kappa shape index (κ1) is 15.7. The average molecular weight is 286 g/mol. The van der Waals surface area contributed by atoms with Gasteiger partial charge in [-0.3, -0.25) is 4.98 Å². The van der Waals surface area contributed by atoms with Crippen LogP contribution in [0, 0.1) is 12.8 Å². The highest BCUT2D eigenvalue weighted by molar-refractivity contribution is 5.40. The topological polar surface area (TPSA) is 42.7 Å². The number of nitrogens with zero attached hydrogens (tertiary/aromatic N) is 3. The molecule has 21 heavy (non-hydrogen) atoms. The van der Waals surface area contributed by atoms with E-state index < -0.39 is 0 Å². The van der Waals surface area contributed by atoms with E-state index in [-0.39, 0.29) is 0 Å². The third kappa shape index (κ3) is 4.14. The molecule has 2 rings (SSSR count). The second kappa shape index (κ2) is 6.85. The summed E-state index contributed by atoms with van der Waals surface area (Å²) < 4.78 is 1.97. The molecule has 114 valence electrons. The fraction of sp³-hybridized carbons (Fsp3) is 0.529. The molecule has 2 heterocycles. The van der Waals surface area contributed by atoms with Crippen LogP contribution < -0.4 is 5.32 Å². The smallest absolute Gasteiger partial charge is 0.0724 e. The first-order valence-corrected chi connectivity index (χ1v) is 7.69. The van der Waals surface area contributed by atoms with Gasteiger partial charge in [0, 0.05) is 30.2 Å². The van der Waals surface area contributed by atoms with Gasteiger partial charge in [0.05, 0.1) is 11.4 Å². The quantitative estimate of drug-likeness (QED) is 0.884. The van der Waals surface area contributed by atoms with Crippen molar-refractivity contribution in [2.75, 3.05) is 6.54 Å². The predicted octanol–water partition coefficient (Wildman–Crippen LogP) is 3.44. The Hall–Kier alpha value is -1.68. The Morgan fingerprint density at radius 1 is 1.24 bits per heavy atom. The van der Waals surface area contributed by atoms with Crippen molar-refractivity contribution < 1.29 is 0 Å². The van der Waals surface area contributed by atoms with Gasteiger partial charge in [0.15, 0.2) is 0 Å². The van der Waals surface area contributed by atoms with E-state index in [2.05, 4.69) is 55.2 Å². The number of nitrogens with one attached hydrogen (secondary N) is 1. The number of rotatable bonds is 6. The Morgan fingerprint density at radius 3 is 2.62 bits per heavy atom. The third-order valence-corrected chi connectivity index (χ3v) is 3.41. The Morgan fingerprint density at radius 2 is 2.00 bits per heavy atom. The highest BCUT2D eigenvalue weighted by Gasteiger charge is 2.10. The summed E-state index contributed by atoms with van der Waals surface area (Å²) >= 11 is 0. The lowest BCUT2D eigenvalue weighted by molar-refractivity contribution is 0.550. The molecule has 0 aliphatic carbocycles. The normalized spacial score (nSPS) is 11.6. The third-order valence-electron chi connectivity index (χ3n) is 3.41. The zero-order valence-electron chi connectivity index (χ0n) is 13.7. The summed E-state index contributed by atoms with van der Waals surface area (Å²) in [5.41, 5.74) is 4.43. The van der Waals surface area contributed by atoms with Crippen LogP contribution in [0.15, 0.2) is 24.5 Å². The molecule has 0 radical (unpaired) electrons. The second-order valence-electron chi connectivity index (χ2n) is 6.32.